The molecule has 0 bridgehead atoms. The summed E-state index contributed by atoms with van der Waals surface area (Å²) in [5, 5.41) is 33.5. The van der Waals surface area contributed by atoms with Crippen molar-refractivity contribution in [1.82, 2.24) is 10.3 Å². The van der Waals surface area contributed by atoms with Gasteiger partial charge >= 0.3 is 11.9 Å². The summed E-state index contributed by atoms with van der Waals surface area (Å²) in [6, 6.07) is -1.52. The lowest BCUT2D eigenvalue weighted by molar-refractivity contribution is -0.140. The molecule has 3 atom stereocenters. The number of hydrogen-bond donors (Lipinski definition) is 8. The van der Waals surface area contributed by atoms with Crippen molar-refractivity contribution in [2.45, 2.75) is 52.1 Å². The number of hydrogen-bond acceptors (Lipinski definition) is 8. The van der Waals surface area contributed by atoms with Crippen molar-refractivity contribution in [3.63, 3.8) is 0 Å². The molecule has 0 spiro atoms. The second-order valence-electron chi connectivity index (χ2n) is 5.87. The summed E-state index contributed by atoms with van der Waals surface area (Å²) >= 11 is 0. The number of nitrogens with zero attached hydrogens (tertiary/aromatic N) is 1. The summed E-state index contributed by atoms with van der Waals surface area (Å²) in [5.74, 6) is -2.79. The molecule has 0 fully saturated rings. The molecule has 1 aromatic heterocycles. The summed E-state index contributed by atoms with van der Waals surface area (Å²) in [4.78, 5) is 32.9. The van der Waals surface area contributed by atoms with Crippen molar-refractivity contribution < 1.29 is 34.1 Å². The fraction of sp³-hybridized carbons (Fsp3) is 0.588. The average molecular weight is 434 g/mol. The van der Waals surface area contributed by atoms with E-state index in [0.717, 1.165) is 13.3 Å². The first kappa shape index (κ1) is 31.5. The normalized spacial score (nSPS) is 12.0. The molecule has 0 saturated heterocycles. The summed E-state index contributed by atoms with van der Waals surface area (Å²) in [6.45, 7) is 5.32. The summed E-state index contributed by atoms with van der Waals surface area (Å²) in [7, 11) is 0. The van der Waals surface area contributed by atoms with E-state index in [1.165, 1.54) is 12.7 Å². The third kappa shape index (κ3) is 27.0. The van der Waals surface area contributed by atoms with Gasteiger partial charge in [-0.25, -0.2) is 4.98 Å². The van der Waals surface area contributed by atoms with E-state index in [9.17, 15) is 9.59 Å². The Balaban J connectivity index is -0.000000353. The molecular weight excluding hydrogens is 400 g/mol. The molecule has 0 aliphatic carbocycles. The number of carboxylic acids is 3. The van der Waals surface area contributed by atoms with Gasteiger partial charge in [0.25, 0.3) is 5.97 Å². The lowest BCUT2D eigenvalue weighted by Gasteiger charge is -2.11. The van der Waals surface area contributed by atoms with E-state index < -0.39 is 30.0 Å². The zero-order valence-electron chi connectivity index (χ0n) is 17.4. The number of nitrogens with one attached hydrogen (secondary N) is 2. The number of oxazole rings is 1. The first-order chi connectivity index (χ1) is 13.9. The van der Waals surface area contributed by atoms with Crippen LogP contribution in [-0.4, -0.2) is 62.8 Å². The fourth-order valence-corrected chi connectivity index (χ4v) is 1.34. The van der Waals surface area contributed by atoms with Gasteiger partial charge in [-0.05, 0) is 18.8 Å². The largest absolute Gasteiger partial charge is 0.481 e. The maximum Gasteiger partial charge on any atom is 0.320 e. The lowest BCUT2D eigenvalue weighted by Crippen LogP contribution is -2.36. The van der Waals surface area contributed by atoms with Crippen LogP contribution in [0.4, 0.5) is 0 Å². The minimum absolute atomic E-state index is 0.0718. The number of carbonyl (C=O) groups is 3. The SMILES string of the molecule is CC(=O)O.CCC(C)C(N)C(=O)O.N=C(N)NCCCC(N)C(=O)O.c1cocn1. The first-order valence-corrected chi connectivity index (χ1v) is 8.92. The fourth-order valence-electron chi connectivity index (χ4n) is 1.34. The molecule has 3 unspecified atom stereocenters. The maximum atomic E-state index is 10.2. The summed E-state index contributed by atoms with van der Waals surface area (Å²) < 4.78 is 4.47. The van der Waals surface area contributed by atoms with Crippen LogP contribution < -0.4 is 22.5 Å². The molecule has 11 N–H and O–H groups in total. The van der Waals surface area contributed by atoms with Gasteiger partial charge < -0.3 is 42.3 Å². The van der Waals surface area contributed by atoms with Gasteiger partial charge in [0.2, 0.25) is 0 Å². The minimum Gasteiger partial charge on any atom is -0.481 e. The number of nitrogens with two attached hydrogens (primary N) is 3. The standard InChI is InChI=1S/C6H14N4O2.C6H13NO2.C3H3NO.C2H4O2/c7-4(5(11)12)2-1-3-10-6(8)9;1-3-4(2)5(7)6(8)9;1-2-5-3-4-1;1-2(3)4/h4H,1-3,7H2,(H,11,12)(H4,8,9,10);4-5H,3,7H2,1-2H3,(H,8,9);1-3H;1H3,(H,3,4). The topological polar surface area (TPSA) is 252 Å². The van der Waals surface area contributed by atoms with Gasteiger partial charge in [0, 0.05) is 13.5 Å². The molecule has 1 aromatic rings. The molecule has 0 aromatic carbocycles. The van der Waals surface area contributed by atoms with Gasteiger partial charge in [0.1, 0.15) is 18.3 Å². The van der Waals surface area contributed by atoms with Crippen molar-refractivity contribution in [2.75, 3.05) is 6.54 Å². The number of rotatable bonds is 8. The van der Waals surface area contributed by atoms with Crippen LogP contribution in [0, 0.1) is 11.3 Å². The van der Waals surface area contributed by atoms with Crippen molar-refractivity contribution in [1.29, 1.82) is 5.41 Å². The average Bonchev–Trinajstić information content (AvgIpc) is 3.23. The zero-order valence-corrected chi connectivity index (χ0v) is 17.4. The van der Waals surface area contributed by atoms with Crippen molar-refractivity contribution in [2.24, 2.45) is 23.1 Å². The van der Waals surface area contributed by atoms with Crippen LogP contribution >= 0.6 is 0 Å². The lowest BCUT2D eigenvalue weighted by atomic mass is 10.0. The van der Waals surface area contributed by atoms with Crippen LogP contribution in [0.3, 0.4) is 0 Å². The van der Waals surface area contributed by atoms with Crippen LogP contribution in [0.5, 0.6) is 0 Å². The van der Waals surface area contributed by atoms with Gasteiger partial charge in [-0.2, -0.15) is 0 Å². The molecule has 0 aliphatic heterocycles. The molecule has 13 heteroatoms. The third-order valence-electron chi connectivity index (χ3n) is 3.21. The number of aliphatic carboxylic acids is 3. The van der Waals surface area contributed by atoms with Gasteiger partial charge in [-0.1, -0.05) is 20.3 Å². The summed E-state index contributed by atoms with van der Waals surface area (Å²) in [6.07, 6.45) is 6.26. The quantitative estimate of drug-likeness (QED) is 0.151. The predicted molar refractivity (Wildman–Crippen MR) is 110 cm³/mol. The molecule has 174 valence electrons. The Labute approximate surface area is 175 Å². The Morgan fingerprint density at radius 2 is 1.73 bits per heavy atom. The Hall–Kier alpha value is -3.19. The van der Waals surface area contributed by atoms with E-state index >= 15 is 0 Å². The zero-order chi connectivity index (χ0) is 24.1. The van der Waals surface area contributed by atoms with Gasteiger partial charge in [-0.3, -0.25) is 19.8 Å². The van der Waals surface area contributed by atoms with Crippen molar-refractivity contribution >= 4 is 23.9 Å². The first-order valence-electron chi connectivity index (χ1n) is 8.92. The second kappa shape index (κ2) is 20.5. The molecule has 1 rings (SSSR count). The smallest absolute Gasteiger partial charge is 0.320 e. The van der Waals surface area contributed by atoms with E-state index in [0.29, 0.717) is 19.4 Å². The van der Waals surface area contributed by atoms with E-state index in [1.807, 2.05) is 13.8 Å². The highest BCUT2D eigenvalue weighted by molar-refractivity contribution is 5.74. The van der Waals surface area contributed by atoms with Crippen LogP contribution in [0.25, 0.3) is 0 Å². The van der Waals surface area contributed by atoms with Gasteiger partial charge in [0.15, 0.2) is 12.4 Å². The van der Waals surface area contributed by atoms with E-state index in [-0.39, 0.29) is 11.9 Å². The monoisotopic (exact) mass is 434 g/mol. The van der Waals surface area contributed by atoms with Crippen molar-refractivity contribution in [3.05, 3.63) is 18.9 Å². The molecule has 0 aliphatic rings. The summed E-state index contributed by atoms with van der Waals surface area (Å²) in [5.41, 5.74) is 15.5. The molecule has 30 heavy (non-hydrogen) atoms. The maximum absolute atomic E-state index is 10.2. The van der Waals surface area contributed by atoms with Crippen molar-refractivity contribution in [3.8, 4) is 0 Å². The predicted octanol–water partition coefficient (Wildman–Crippen LogP) is -0.129. The highest BCUT2D eigenvalue weighted by Crippen LogP contribution is 2.04. The third-order valence-corrected chi connectivity index (χ3v) is 3.21. The Morgan fingerprint density at radius 1 is 1.20 bits per heavy atom. The van der Waals surface area contributed by atoms with E-state index in [4.69, 9.17) is 42.7 Å². The highest BCUT2D eigenvalue weighted by Gasteiger charge is 2.17. The molecule has 1 heterocycles. The van der Waals surface area contributed by atoms with Crippen LogP contribution in [0.2, 0.25) is 0 Å². The van der Waals surface area contributed by atoms with E-state index in [1.54, 1.807) is 6.20 Å². The molecule has 13 nitrogen and oxygen atoms in total. The van der Waals surface area contributed by atoms with Crippen LogP contribution in [-0.2, 0) is 14.4 Å². The minimum atomic E-state index is -1.00. The highest BCUT2D eigenvalue weighted by atomic mass is 16.4. The molecule has 0 saturated carbocycles. The van der Waals surface area contributed by atoms with Gasteiger partial charge in [-0.15, -0.1) is 0 Å². The number of carboxylic acid groups (broad SMARTS) is 3. The molecule has 0 amide bonds. The number of aromatic nitrogens is 1. The Morgan fingerprint density at radius 3 is 1.97 bits per heavy atom. The van der Waals surface area contributed by atoms with Gasteiger partial charge in [0.05, 0.1) is 6.20 Å². The van der Waals surface area contributed by atoms with Crippen LogP contribution in [0.1, 0.15) is 40.0 Å². The Kier molecular flexibility index (Phi) is 21.6. The Bertz CT molecular complexity index is 562. The molecule has 0 radical (unpaired) electrons. The molecular formula is C17H34N6O7. The van der Waals surface area contributed by atoms with Crippen LogP contribution in [0.15, 0.2) is 23.3 Å². The number of guanidine groups is 1. The van der Waals surface area contributed by atoms with E-state index in [2.05, 4.69) is 14.7 Å². The second-order valence-corrected chi connectivity index (χ2v) is 5.87.